The number of nitriles is 1. The maximum absolute atomic E-state index is 12.7. The second-order valence-corrected chi connectivity index (χ2v) is 5.68. The van der Waals surface area contributed by atoms with Gasteiger partial charge in [-0.1, -0.05) is 12.1 Å². The first kappa shape index (κ1) is 16.4. The molecule has 0 radical (unpaired) electrons. The summed E-state index contributed by atoms with van der Waals surface area (Å²) in [7, 11) is -4.48. The van der Waals surface area contributed by atoms with Crippen molar-refractivity contribution in [1.29, 1.82) is 5.26 Å². The first-order chi connectivity index (χ1) is 9.12. The van der Waals surface area contributed by atoms with Crippen LogP contribution in [0.4, 0.5) is 17.6 Å². The molecule has 0 unspecified atom stereocenters. The van der Waals surface area contributed by atoms with Gasteiger partial charge in [0.15, 0.2) is 0 Å². The first-order valence-corrected chi connectivity index (χ1v) is 6.75. The summed E-state index contributed by atoms with van der Waals surface area (Å²) in [4.78, 5) is -0.523. The lowest BCUT2D eigenvalue weighted by Gasteiger charge is -2.16. The Morgan fingerprint density at radius 3 is 2.50 bits per heavy atom. The fraction of sp³-hybridized carbons (Fsp3) is 0.364. The van der Waals surface area contributed by atoms with Crippen molar-refractivity contribution in [2.75, 3.05) is 6.54 Å². The molecule has 110 valence electrons. The summed E-state index contributed by atoms with van der Waals surface area (Å²) >= 11 is 0. The van der Waals surface area contributed by atoms with Gasteiger partial charge < -0.3 is 0 Å². The van der Waals surface area contributed by atoms with Gasteiger partial charge in [0.1, 0.15) is 6.07 Å². The molecule has 0 saturated heterocycles. The highest BCUT2D eigenvalue weighted by molar-refractivity contribution is 7.89. The molecule has 1 N–H and O–H groups in total. The molecule has 0 aromatic heterocycles. The van der Waals surface area contributed by atoms with Crippen LogP contribution in [-0.2, 0) is 10.0 Å². The SMILES string of the molecule is Cc1cccc(S(=O)(=O)NCC(F)(F)C(F)F)c1C#N. The maximum Gasteiger partial charge on any atom is 0.320 e. The summed E-state index contributed by atoms with van der Waals surface area (Å²) in [5.41, 5.74) is 0.108. The number of halogens is 4. The van der Waals surface area contributed by atoms with Crippen LogP contribution in [0.5, 0.6) is 0 Å². The number of hydrogen-bond acceptors (Lipinski definition) is 3. The van der Waals surface area contributed by atoms with E-state index in [9.17, 15) is 26.0 Å². The van der Waals surface area contributed by atoms with Crippen LogP contribution >= 0.6 is 0 Å². The largest absolute Gasteiger partial charge is 0.320 e. The van der Waals surface area contributed by atoms with E-state index in [1.54, 1.807) is 6.07 Å². The molecular formula is C11H10F4N2O2S. The van der Waals surface area contributed by atoms with Crippen molar-refractivity contribution in [1.82, 2.24) is 4.72 Å². The van der Waals surface area contributed by atoms with Crippen molar-refractivity contribution >= 4 is 10.0 Å². The van der Waals surface area contributed by atoms with Crippen molar-refractivity contribution in [3.8, 4) is 6.07 Å². The van der Waals surface area contributed by atoms with Gasteiger partial charge in [-0.2, -0.15) is 14.0 Å². The minimum Gasteiger partial charge on any atom is -0.207 e. The van der Waals surface area contributed by atoms with Gasteiger partial charge >= 0.3 is 12.3 Å². The molecule has 20 heavy (non-hydrogen) atoms. The van der Waals surface area contributed by atoms with E-state index in [0.717, 1.165) is 6.07 Å². The molecule has 0 bridgehead atoms. The van der Waals surface area contributed by atoms with E-state index >= 15 is 0 Å². The van der Waals surface area contributed by atoms with Crippen LogP contribution in [0.2, 0.25) is 0 Å². The number of nitrogens with one attached hydrogen (secondary N) is 1. The molecule has 1 aromatic carbocycles. The van der Waals surface area contributed by atoms with E-state index in [1.165, 1.54) is 23.8 Å². The highest BCUT2D eigenvalue weighted by Crippen LogP contribution is 2.23. The van der Waals surface area contributed by atoms with Gasteiger partial charge in [-0.25, -0.2) is 21.9 Å². The molecule has 4 nitrogen and oxygen atoms in total. The topological polar surface area (TPSA) is 70.0 Å². The minimum atomic E-state index is -4.48. The summed E-state index contributed by atoms with van der Waals surface area (Å²) in [6.07, 6.45) is -3.99. The Balaban J connectivity index is 3.09. The van der Waals surface area contributed by atoms with Crippen molar-refractivity contribution < 1.29 is 26.0 Å². The molecule has 0 saturated carbocycles. The Bertz CT molecular complexity index is 638. The standard InChI is InChI=1S/C11H10F4N2O2S/c1-7-3-2-4-9(8(7)5-16)20(18,19)17-6-11(14,15)10(12)13/h2-4,10,17H,6H2,1H3. The van der Waals surface area contributed by atoms with Crippen LogP contribution in [0, 0.1) is 18.3 Å². The van der Waals surface area contributed by atoms with Crippen molar-refractivity contribution in [3.05, 3.63) is 29.3 Å². The molecule has 0 atom stereocenters. The monoisotopic (exact) mass is 310 g/mol. The van der Waals surface area contributed by atoms with Crippen LogP contribution in [0.1, 0.15) is 11.1 Å². The third-order valence-electron chi connectivity index (χ3n) is 2.45. The number of nitrogens with zero attached hydrogens (tertiary/aromatic N) is 1. The molecule has 9 heteroatoms. The van der Waals surface area contributed by atoms with Gasteiger partial charge in [-0.3, -0.25) is 0 Å². The van der Waals surface area contributed by atoms with E-state index in [-0.39, 0.29) is 5.56 Å². The normalized spacial score (nSPS) is 12.4. The molecule has 1 rings (SSSR count). The second-order valence-electron chi connectivity index (χ2n) is 3.95. The van der Waals surface area contributed by atoms with Crippen LogP contribution in [0.3, 0.4) is 0 Å². The van der Waals surface area contributed by atoms with Gasteiger partial charge in [0, 0.05) is 0 Å². The van der Waals surface area contributed by atoms with Gasteiger partial charge in [0.05, 0.1) is 17.0 Å². The quantitative estimate of drug-likeness (QED) is 0.846. The maximum atomic E-state index is 12.7. The molecule has 0 aliphatic heterocycles. The van der Waals surface area contributed by atoms with Crippen LogP contribution in [-0.4, -0.2) is 27.3 Å². The van der Waals surface area contributed by atoms with Crippen molar-refractivity contribution in [3.63, 3.8) is 0 Å². The Hall–Kier alpha value is -1.66. The van der Waals surface area contributed by atoms with Crippen LogP contribution < -0.4 is 4.72 Å². The zero-order chi connectivity index (χ0) is 15.6. The van der Waals surface area contributed by atoms with Gasteiger partial charge in [0.2, 0.25) is 10.0 Å². The second kappa shape index (κ2) is 5.76. The highest BCUT2D eigenvalue weighted by atomic mass is 32.2. The van der Waals surface area contributed by atoms with Crippen LogP contribution in [0.15, 0.2) is 23.1 Å². The van der Waals surface area contributed by atoms with E-state index < -0.39 is 33.8 Å². The zero-order valence-corrected chi connectivity index (χ0v) is 11.0. The zero-order valence-electron chi connectivity index (χ0n) is 10.2. The van der Waals surface area contributed by atoms with Gasteiger partial charge in [-0.15, -0.1) is 0 Å². The molecule has 0 amide bonds. The Kier molecular flexibility index (Phi) is 4.73. The Morgan fingerprint density at radius 2 is 2.00 bits per heavy atom. The highest BCUT2D eigenvalue weighted by Gasteiger charge is 2.41. The van der Waals surface area contributed by atoms with E-state index in [2.05, 4.69) is 0 Å². The van der Waals surface area contributed by atoms with Gasteiger partial charge in [-0.05, 0) is 18.6 Å². The fourth-order valence-corrected chi connectivity index (χ4v) is 2.63. The van der Waals surface area contributed by atoms with Crippen molar-refractivity contribution in [2.24, 2.45) is 0 Å². The van der Waals surface area contributed by atoms with E-state index in [4.69, 9.17) is 5.26 Å². The predicted octanol–water partition coefficient (Wildman–Crippen LogP) is 2.05. The lowest BCUT2D eigenvalue weighted by atomic mass is 10.1. The fourth-order valence-electron chi connectivity index (χ4n) is 1.35. The summed E-state index contributed by atoms with van der Waals surface area (Å²) in [5, 5.41) is 8.87. The van der Waals surface area contributed by atoms with Crippen molar-refractivity contribution in [2.45, 2.75) is 24.2 Å². The molecule has 0 aliphatic carbocycles. The number of rotatable bonds is 5. The van der Waals surface area contributed by atoms with Gasteiger partial charge in [0.25, 0.3) is 0 Å². The lowest BCUT2D eigenvalue weighted by Crippen LogP contribution is -2.41. The number of hydrogen-bond donors (Lipinski definition) is 1. The number of alkyl halides is 4. The Labute approximate surface area is 113 Å². The summed E-state index contributed by atoms with van der Waals surface area (Å²) in [6.45, 7) is -0.281. The summed E-state index contributed by atoms with van der Waals surface area (Å²) in [6, 6.07) is 5.45. The predicted molar refractivity (Wildman–Crippen MR) is 62.0 cm³/mol. The first-order valence-electron chi connectivity index (χ1n) is 5.27. The number of sulfonamides is 1. The minimum absolute atomic E-state index is 0.222. The third-order valence-corrected chi connectivity index (χ3v) is 3.90. The van der Waals surface area contributed by atoms with E-state index in [1.807, 2.05) is 0 Å². The summed E-state index contributed by atoms with van der Waals surface area (Å²) in [5.74, 6) is -4.48. The smallest absolute Gasteiger partial charge is 0.207 e. The van der Waals surface area contributed by atoms with E-state index in [0.29, 0.717) is 5.56 Å². The average molecular weight is 310 g/mol. The molecule has 0 heterocycles. The molecule has 0 aliphatic rings. The molecule has 1 aromatic rings. The average Bonchev–Trinajstić information content (AvgIpc) is 2.36. The Morgan fingerprint density at radius 1 is 1.40 bits per heavy atom. The summed E-state index contributed by atoms with van der Waals surface area (Å²) < 4.78 is 74.3. The number of benzene rings is 1. The molecular weight excluding hydrogens is 300 g/mol. The lowest BCUT2D eigenvalue weighted by molar-refractivity contribution is -0.122. The molecule has 0 spiro atoms. The number of aryl methyl sites for hydroxylation is 1. The van der Waals surface area contributed by atoms with Crippen LogP contribution in [0.25, 0.3) is 0 Å². The third kappa shape index (κ3) is 3.46. The molecule has 0 fully saturated rings.